The number of urea groups is 1. The van der Waals surface area contributed by atoms with E-state index < -0.39 is 12.0 Å². The molecule has 104 valence electrons. The zero-order valence-electron chi connectivity index (χ0n) is 10.2. The van der Waals surface area contributed by atoms with Crippen LogP contribution < -0.4 is 10.6 Å². The minimum absolute atomic E-state index is 0.235. The fraction of sp³-hybridized carbons (Fsp3) is 0.0909. The Morgan fingerprint density at radius 1 is 1.30 bits per heavy atom. The van der Waals surface area contributed by atoms with Crippen LogP contribution in [0.4, 0.5) is 15.6 Å². The molecule has 0 aliphatic carbocycles. The first kappa shape index (κ1) is 13.7. The van der Waals surface area contributed by atoms with Crippen LogP contribution in [0.2, 0.25) is 0 Å². The molecule has 2 rings (SSSR count). The second kappa shape index (κ2) is 5.53. The van der Waals surface area contributed by atoms with E-state index in [-0.39, 0.29) is 17.0 Å². The van der Waals surface area contributed by atoms with E-state index in [1.807, 2.05) is 0 Å². The Morgan fingerprint density at radius 3 is 2.65 bits per heavy atom. The maximum Gasteiger partial charge on any atom is 0.339 e. The zero-order valence-corrected chi connectivity index (χ0v) is 11.1. The highest BCUT2D eigenvalue weighted by atomic mass is 32.1. The molecular formula is C11H10N4O4S. The van der Waals surface area contributed by atoms with Gasteiger partial charge in [-0.3, -0.25) is 5.32 Å². The number of aryl methyl sites for hydroxylation is 1. The molecule has 0 bridgehead atoms. The van der Waals surface area contributed by atoms with E-state index in [4.69, 9.17) is 5.11 Å². The summed E-state index contributed by atoms with van der Waals surface area (Å²) in [4.78, 5) is 26.5. The second-order valence-corrected chi connectivity index (χ2v) is 4.51. The van der Waals surface area contributed by atoms with Gasteiger partial charge in [-0.15, -0.1) is 0 Å². The molecule has 0 atom stereocenters. The van der Waals surface area contributed by atoms with Gasteiger partial charge in [0.25, 0.3) is 0 Å². The molecule has 0 unspecified atom stereocenters. The van der Waals surface area contributed by atoms with E-state index in [2.05, 4.69) is 20.0 Å². The number of amides is 2. The molecule has 0 aliphatic heterocycles. The van der Waals surface area contributed by atoms with E-state index >= 15 is 0 Å². The molecule has 2 aromatic rings. The van der Waals surface area contributed by atoms with Crippen molar-refractivity contribution >= 4 is 34.4 Å². The van der Waals surface area contributed by atoms with Crippen LogP contribution in [0.1, 0.15) is 16.2 Å². The predicted octanol–water partition coefficient (Wildman–Crippen LogP) is 1.89. The normalized spacial score (nSPS) is 10.1. The first-order valence-electron chi connectivity index (χ1n) is 5.40. The van der Waals surface area contributed by atoms with Crippen molar-refractivity contribution in [1.82, 2.24) is 9.36 Å². The van der Waals surface area contributed by atoms with Gasteiger partial charge in [-0.1, -0.05) is 0 Å². The van der Waals surface area contributed by atoms with Crippen molar-refractivity contribution in [1.29, 1.82) is 0 Å². The van der Waals surface area contributed by atoms with Crippen LogP contribution in [0.3, 0.4) is 0 Å². The van der Waals surface area contributed by atoms with Crippen LogP contribution in [0.5, 0.6) is 5.75 Å². The van der Waals surface area contributed by atoms with E-state index in [1.54, 1.807) is 6.92 Å². The highest BCUT2D eigenvalue weighted by Gasteiger charge is 2.12. The molecule has 9 heteroatoms. The van der Waals surface area contributed by atoms with E-state index in [0.29, 0.717) is 11.0 Å². The Balaban J connectivity index is 2.08. The Bertz CT molecular complexity index is 670. The SMILES string of the molecule is Cc1nsc(NC(=O)Nc2ccc(O)c(C(=O)O)c2)n1. The molecule has 0 fully saturated rings. The quantitative estimate of drug-likeness (QED) is 0.641. The molecule has 0 saturated carbocycles. The highest BCUT2D eigenvalue weighted by Crippen LogP contribution is 2.21. The number of nitrogens with one attached hydrogen (secondary N) is 2. The summed E-state index contributed by atoms with van der Waals surface area (Å²) in [5.41, 5.74) is -0.0616. The summed E-state index contributed by atoms with van der Waals surface area (Å²) in [5, 5.41) is 23.4. The van der Waals surface area contributed by atoms with E-state index in [0.717, 1.165) is 17.6 Å². The van der Waals surface area contributed by atoms with Crippen LogP contribution in [-0.2, 0) is 0 Å². The third-order valence-electron chi connectivity index (χ3n) is 2.23. The Hall–Kier alpha value is -2.68. The lowest BCUT2D eigenvalue weighted by atomic mass is 10.2. The summed E-state index contributed by atoms with van der Waals surface area (Å²) < 4.78 is 3.90. The molecule has 20 heavy (non-hydrogen) atoms. The molecule has 0 radical (unpaired) electrons. The van der Waals surface area contributed by atoms with E-state index in [9.17, 15) is 14.7 Å². The molecule has 8 nitrogen and oxygen atoms in total. The number of nitrogens with zero attached hydrogens (tertiary/aromatic N) is 2. The Labute approximate surface area is 117 Å². The summed E-state index contributed by atoms with van der Waals surface area (Å²) in [5.74, 6) is -1.11. The third-order valence-corrected chi connectivity index (χ3v) is 2.95. The number of carbonyl (C=O) groups excluding carboxylic acids is 1. The standard InChI is InChI=1S/C11H10N4O4S/c1-5-12-11(20-15-5)14-10(19)13-6-2-3-8(16)7(4-6)9(17)18/h2-4,16H,1H3,(H,17,18)(H2,12,13,14,15,19). The number of aromatic nitrogens is 2. The first-order valence-corrected chi connectivity index (χ1v) is 6.17. The number of carbonyl (C=O) groups is 2. The number of anilines is 2. The predicted molar refractivity (Wildman–Crippen MR) is 72.4 cm³/mol. The van der Waals surface area contributed by atoms with Gasteiger partial charge in [0.2, 0.25) is 5.13 Å². The number of aromatic hydroxyl groups is 1. The van der Waals surface area contributed by atoms with Gasteiger partial charge in [0.15, 0.2) is 0 Å². The molecular weight excluding hydrogens is 284 g/mol. The molecule has 0 aliphatic rings. The summed E-state index contributed by atoms with van der Waals surface area (Å²) in [6, 6.07) is 3.15. The average Bonchev–Trinajstić information content (AvgIpc) is 2.76. The van der Waals surface area contributed by atoms with Crippen molar-refractivity contribution in [3.05, 3.63) is 29.6 Å². The Kier molecular flexibility index (Phi) is 3.80. The molecule has 1 heterocycles. The first-order chi connectivity index (χ1) is 9.45. The number of phenols is 1. The van der Waals surface area contributed by atoms with Crippen molar-refractivity contribution in [2.24, 2.45) is 0 Å². The van der Waals surface area contributed by atoms with Gasteiger partial charge >= 0.3 is 12.0 Å². The van der Waals surface area contributed by atoms with Crippen molar-refractivity contribution in [3.8, 4) is 5.75 Å². The molecule has 0 spiro atoms. The lowest BCUT2D eigenvalue weighted by molar-refractivity contribution is 0.0693. The number of benzene rings is 1. The molecule has 1 aromatic heterocycles. The number of aromatic carboxylic acids is 1. The minimum atomic E-state index is -1.29. The molecule has 4 N–H and O–H groups in total. The van der Waals surface area contributed by atoms with Crippen LogP contribution in [0.15, 0.2) is 18.2 Å². The fourth-order valence-corrected chi connectivity index (χ4v) is 1.96. The van der Waals surface area contributed by atoms with Gasteiger partial charge in [0.05, 0.1) is 0 Å². The van der Waals surface area contributed by atoms with Crippen LogP contribution in [-0.4, -0.2) is 31.6 Å². The smallest absolute Gasteiger partial charge is 0.339 e. The van der Waals surface area contributed by atoms with Gasteiger partial charge in [-0.25, -0.2) is 14.6 Å². The topological polar surface area (TPSA) is 124 Å². The maximum atomic E-state index is 11.7. The lowest BCUT2D eigenvalue weighted by Crippen LogP contribution is -2.19. The van der Waals surface area contributed by atoms with Gasteiger partial charge in [0, 0.05) is 17.2 Å². The summed E-state index contributed by atoms with van der Waals surface area (Å²) >= 11 is 1.03. The number of carboxylic acids is 1. The monoisotopic (exact) mass is 294 g/mol. The number of hydrogen-bond acceptors (Lipinski definition) is 6. The average molecular weight is 294 g/mol. The summed E-state index contributed by atoms with van der Waals surface area (Å²) in [6.45, 7) is 1.69. The van der Waals surface area contributed by atoms with Crippen molar-refractivity contribution in [2.45, 2.75) is 6.92 Å². The van der Waals surface area contributed by atoms with Gasteiger partial charge < -0.3 is 15.5 Å². The van der Waals surface area contributed by atoms with Gasteiger partial charge in [0.1, 0.15) is 17.1 Å². The summed E-state index contributed by atoms with van der Waals surface area (Å²) in [7, 11) is 0. The summed E-state index contributed by atoms with van der Waals surface area (Å²) in [6.07, 6.45) is 0. The third kappa shape index (κ3) is 3.20. The van der Waals surface area contributed by atoms with Crippen LogP contribution in [0.25, 0.3) is 0 Å². The van der Waals surface area contributed by atoms with Crippen LogP contribution in [0, 0.1) is 6.92 Å². The molecule has 1 aromatic carbocycles. The van der Waals surface area contributed by atoms with E-state index in [1.165, 1.54) is 12.1 Å². The zero-order chi connectivity index (χ0) is 14.7. The highest BCUT2D eigenvalue weighted by molar-refractivity contribution is 7.09. The van der Waals surface area contributed by atoms with Gasteiger partial charge in [-0.2, -0.15) is 4.37 Å². The van der Waals surface area contributed by atoms with Crippen molar-refractivity contribution in [3.63, 3.8) is 0 Å². The number of rotatable bonds is 3. The lowest BCUT2D eigenvalue weighted by Gasteiger charge is -2.07. The largest absolute Gasteiger partial charge is 0.507 e. The second-order valence-electron chi connectivity index (χ2n) is 3.76. The van der Waals surface area contributed by atoms with Gasteiger partial charge in [-0.05, 0) is 25.1 Å². The number of hydrogen-bond donors (Lipinski definition) is 4. The van der Waals surface area contributed by atoms with Crippen molar-refractivity contribution < 1.29 is 19.8 Å². The fourth-order valence-electron chi connectivity index (χ4n) is 1.39. The van der Waals surface area contributed by atoms with Crippen LogP contribution >= 0.6 is 11.5 Å². The minimum Gasteiger partial charge on any atom is -0.507 e. The Morgan fingerprint density at radius 2 is 2.05 bits per heavy atom. The maximum absolute atomic E-state index is 11.7. The molecule has 0 saturated heterocycles. The van der Waals surface area contributed by atoms with Crippen molar-refractivity contribution in [2.75, 3.05) is 10.6 Å². The molecule has 2 amide bonds. The number of carboxylic acid groups (broad SMARTS) is 1.